The first kappa shape index (κ1) is 19.5. The molecule has 0 aromatic heterocycles. The Morgan fingerprint density at radius 3 is 2.71 bits per heavy atom. The summed E-state index contributed by atoms with van der Waals surface area (Å²) in [4.78, 5) is 26.1. The number of carbonyl (C=O) groups excluding carboxylic acids is 2. The molecule has 0 saturated heterocycles. The van der Waals surface area contributed by atoms with Gasteiger partial charge in [-0.3, -0.25) is 9.59 Å². The standard InChI is InChI=1S/C22H24N2O4/c1-4-12-24-19-11-8-17(13-20(19)28-15(3)22(24)26)23-21(25)14-27-18-9-6-16(5-2)7-10-18/h4,6-11,13,15H,1,5,12,14H2,2-3H3,(H,23,25). The lowest BCUT2D eigenvalue weighted by molar-refractivity contribution is -0.125. The molecule has 3 rings (SSSR count). The van der Waals surface area contributed by atoms with Crippen molar-refractivity contribution >= 4 is 23.2 Å². The fraction of sp³-hybridized carbons (Fsp3) is 0.273. The van der Waals surface area contributed by atoms with E-state index in [-0.39, 0.29) is 18.4 Å². The third kappa shape index (κ3) is 4.34. The number of hydrogen-bond acceptors (Lipinski definition) is 4. The van der Waals surface area contributed by atoms with Crippen molar-refractivity contribution in [3.8, 4) is 11.5 Å². The van der Waals surface area contributed by atoms with Gasteiger partial charge in [0, 0.05) is 18.3 Å². The van der Waals surface area contributed by atoms with Gasteiger partial charge in [-0.15, -0.1) is 6.58 Å². The Kier molecular flexibility index (Phi) is 5.99. The van der Waals surface area contributed by atoms with Crippen LogP contribution in [0.5, 0.6) is 11.5 Å². The van der Waals surface area contributed by atoms with Gasteiger partial charge in [0.1, 0.15) is 11.5 Å². The number of anilines is 2. The second-order valence-corrected chi connectivity index (χ2v) is 6.51. The number of benzene rings is 2. The van der Waals surface area contributed by atoms with Crippen molar-refractivity contribution in [3.63, 3.8) is 0 Å². The zero-order valence-corrected chi connectivity index (χ0v) is 16.1. The van der Waals surface area contributed by atoms with E-state index < -0.39 is 6.10 Å². The molecule has 146 valence electrons. The Bertz CT molecular complexity index is 877. The van der Waals surface area contributed by atoms with Gasteiger partial charge < -0.3 is 19.7 Å². The Morgan fingerprint density at radius 1 is 1.29 bits per heavy atom. The molecule has 1 heterocycles. The number of nitrogens with one attached hydrogen (secondary N) is 1. The smallest absolute Gasteiger partial charge is 0.268 e. The number of rotatable bonds is 7. The molecular weight excluding hydrogens is 356 g/mol. The Hall–Kier alpha value is -3.28. The van der Waals surface area contributed by atoms with Crippen LogP contribution >= 0.6 is 0 Å². The third-order valence-corrected chi connectivity index (χ3v) is 4.47. The largest absolute Gasteiger partial charge is 0.484 e. The van der Waals surface area contributed by atoms with Crippen LogP contribution in [0.1, 0.15) is 19.4 Å². The molecule has 2 amide bonds. The van der Waals surface area contributed by atoms with Crippen LogP contribution in [0.4, 0.5) is 11.4 Å². The minimum atomic E-state index is -0.590. The van der Waals surface area contributed by atoms with Gasteiger partial charge in [0.05, 0.1) is 5.69 Å². The number of amides is 2. The van der Waals surface area contributed by atoms with Crippen molar-refractivity contribution in [1.82, 2.24) is 0 Å². The van der Waals surface area contributed by atoms with E-state index in [1.807, 2.05) is 24.3 Å². The predicted octanol–water partition coefficient (Wildman–Crippen LogP) is 3.57. The number of carbonyl (C=O) groups is 2. The highest BCUT2D eigenvalue weighted by atomic mass is 16.5. The third-order valence-electron chi connectivity index (χ3n) is 4.47. The molecule has 28 heavy (non-hydrogen) atoms. The lowest BCUT2D eigenvalue weighted by Crippen LogP contribution is -2.44. The average Bonchev–Trinajstić information content (AvgIpc) is 2.70. The summed E-state index contributed by atoms with van der Waals surface area (Å²) in [6, 6.07) is 12.9. The molecule has 1 atom stereocenters. The van der Waals surface area contributed by atoms with Gasteiger partial charge in [-0.25, -0.2) is 0 Å². The topological polar surface area (TPSA) is 67.9 Å². The molecule has 1 aliphatic rings. The molecule has 6 nitrogen and oxygen atoms in total. The molecule has 2 aromatic carbocycles. The van der Waals surface area contributed by atoms with Crippen molar-refractivity contribution in [2.24, 2.45) is 0 Å². The zero-order chi connectivity index (χ0) is 20.1. The zero-order valence-electron chi connectivity index (χ0n) is 16.1. The van der Waals surface area contributed by atoms with E-state index in [2.05, 4.69) is 18.8 Å². The fourth-order valence-corrected chi connectivity index (χ4v) is 2.97. The number of fused-ring (bicyclic) bond motifs is 1. The fourth-order valence-electron chi connectivity index (χ4n) is 2.97. The predicted molar refractivity (Wildman–Crippen MR) is 109 cm³/mol. The van der Waals surface area contributed by atoms with Gasteiger partial charge in [-0.2, -0.15) is 0 Å². The summed E-state index contributed by atoms with van der Waals surface area (Å²) in [5.41, 5.74) is 2.45. The van der Waals surface area contributed by atoms with Crippen LogP contribution in [0.25, 0.3) is 0 Å². The van der Waals surface area contributed by atoms with E-state index in [1.54, 1.807) is 36.1 Å². The number of ether oxygens (including phenoxy) is 2. The molecular formula is C22H24N2O4. The maximum atomic E-state index is 12.3. The Balaban J connectivity index is 1.64. The monoisotopic (exact) mass is 380 g/mol. The van der Waals surface area contributed by atoms with Crippen LogP contribution < -0.4 is 19.7 Å². The lowest BCUT2D eigenvalue weighted by Gasteiger charge is -2.32. The van der Waals surface area contributed by atoms with Crippen molar-refractivity contribution in [2.45, 2.75) is 26.4 Å². The second kappa shape index (κ2) is 8.61. The molecule has 2 aromatic rings. The van der Waals surface area contributed by atoms with Crippen LogP contribution in [0.15, 0.2) is 55.1 Å². The van der Waals surface area contributed by atoms with E-state index in [9.17, 15) is 9.59 Å². The normalized spacial score (nSPS) is 15.4. The number of hydrogen-bond donors (Lipinski definition) is 1. The molecule has 1 N–H and O–H groups in total. The van der Waals surface area contributed by atoms with Crippen molar-refractivity contribution in [1.29, 1.82) is 0 Å². The van der Waals surface area contributed by atoms with Crippen LogP contribution in [0.3, 0.4) is 0 Å². The van der Waals surface area contributed by atoms with Gasteiger partial charge in [-0.1, -0.05) is 25.1 Å². The molecule has 1 aliphatic heterocycles. The van der Waals surface area contributed by atoms with Crippen molar-refractivity contribution in [2.75, 3.05) is 23.4 Å². The summed E-state index contributed by atoms with van der Waals surface area (Å²) in [5.74, 6) is 0.797. The SMILES string of the molecule is C=CCN1C(=O)C(C)Oc2cc(NC(=O)COc3ccc(CC)cc3)ccc21. The van der Waals surface area contributed by atoms with E-state index in [4.69, 9.17) is 9.47 Å². The summed E-state index contributed by atoms with van der Waals surface area (Å²) in [7, 11) is 0. The van der Waals surface area contributed by atoms with Crippen molar-refractivity contribution in [3.05, 3.63) is 60.7 Å². The average molecular weight is 380 g/mol. The Morgan fingerprint density at radius 2 is 2.04 bits per heavy atom. The van der Waals surface area contributed by atoms with Gasteiger partial charge >= 0.3 is 0 Å². The van der Waals surface area contributed by atoms with Crippen LogP contribution in [0, 0.1) is 0 Å². The molecule has 1 unspecified atom stereocenters. The molecule has 0 radical (unpaired) electrons. The molecule has 0 bridgehead atoms. The van der Waals surface area contributed by atoms with Gasteiger partial charge in [0.25, 0.3) is 11.8 Å². The summed E-state index contributed by atoms with van der Waals surface area (Å²) in [5, 5.41) is 2.79. The molecule has 0 spiro atoms. The first-order valence-electron chi connectivity index (χ1n) is 9.26. The minimum Gasteiger partial charge on any atom is -0.484 e. The highest BCUT2D eigenvalue weighted by Gasteiger charge is 2.30. The molecule has 0 saturated carbocycles. The van der Waals surface area contributed by atoms with E-state index in [0.29, 0.717) is 29.4 Å². The lowest BCUT2D eigenvalue weighted by atomic mass is 10.1. The first-order valence-corrected chi connectivity index (χ1v) is 9.26. The Labute approximate surface area is 164 Å². The summed E-state index contributed by atoms with van der Waals surface area (Å²) >= 11 is 0. The first-order chi connectivity index (χ1) is 13.5. The molecule has 0 aliphatic carbocycles. The highest BCUT2D eigenvalue weighted by molar-refractivity contribution is 6.01. The maximum absolute atomic E-state index is 12.3. The summed E-state index contributed by atoms with van der Waals surface area (Å²) < 4.78 is 11.2. The van der Waals surface area contributed by atoms with Crippen LogP contribution in [-0.2, 0) is 16.0 Å². The second-order valence-electron chi connectivity index (χ2n) is 6.51. The molecule has 0 fully saturated rings. The number of nitrogens with zero attached hydrogens (tertiary/aromatic N) is 1. The van der Waals surface area contributed by atoms with E-state index in [0.717, 1.165) is 6.42 Å². The summed E-state index contributed by atoms with van der Waals surface area (Å²) in [6.07, 6.45) is 2.03. The highest BCUT2D eigenvalue weighted by Crippen LogP contribution is 2.36. The quantitative estimate of drug-likeness (QED) is 0.746. The maximum Gasteiger partial charge on any atom is 0.268 e. The summed E-state index contributed by atoms with van der Waals surface area (Å²) in [6.45, 7) is 7.78. The van der Waals surface area contributed by atoms with E-state index in [1.165, 1.54) is 5.56 Å². The van der Waals surface area contributed by atoms with Gasteiger partial charge in [0.15, 0.2) is 12.7 Å². The molecule has 6 heteroatoms. The van der Waals surface area contributed by atoms with Crippen LogP contribution in [0.2, 0.25) is 0 Å². The van der Waals surface area contributed by atoms with Crippen LogP contribution in [-0.4, -0.2) is 31.1 Å². The van der Waals surface area contributed by atoms with Crippen molar-refractivity contribution < 1.29 is 19.1 Å². The van der Waals surface area contributed by atoms with Gasteiger partial charge in [0.2, 0.25) is 0 Å². The van der Waals surface area contributed by atoms with E-state index >= 15 is 0 Å². The van der Waals surface area contributed by atoms with Gasteiger partial charge in [-0.05, 0) is 43.2 Å². The minimum absolute atomic E-state index is 0.0963. The number of aryl methyl sites for hydroxylation is 1.